The summed E-state index contributed by atoms with van der Waals surface area (Å²) in [5.41, 5.74) is 0. The number of nitrogens with one attached hydrogen (secondary N) is 1. The summed E-state index contributed by atoms with van der Waals surface area (Å²) in [7, 11) is 1.95. The molecule has 0 saturated carbocycles. The molecule has 1 N–H and O–H groups in total. The van der Waals surface area contributed by atoms with Gasteiger partial charge in [0.25, 0.3) is 0 Å². The summed E-state index contributed by atoms with van der Waals surface area (Å²) in [6.07, 6.45) is 0. The molecule has 0 aliphatic carbocycles. The molecule has 32 heavy (non-hydrogen) atoms. The van der Waals surface area contributed by atoms with Crippen molar-refractivity contribution in [2.45, 2.75) is 6.92 Å². The van der Waals surface area contributed by atoms with Gasteiger partial charge in [0.1, 0.15) is 0 Å². The summed E-state index contributed by atoms with van der Waals surface area (Å²) >= 11 is 9.59. The number of hydrogen-bond acceptors (Lipinski definition) is 1. The first kappa shape index (κ1) is 188. The Morgan fingerprint density at radius 3 is 0.594 bits per heavy atom. The third-order valence-electron chi connectivity index (χ3n) is 0.762. The van der Waals surface area contributed by atoms with Gasteiger partial charge in [0.2, 0.25) is 0 Å². The Morgan fingerprint density at radius 1 is 0.438 bits per heavy atom. The Kier molecular flexibility index (Phi) is 1040. The molecule has 0 amide bonds. The fraction of sp³-hybridized carbons (Fsp3) is 0.600. The van der Waals surface area contributed by atoms with Crippen LogP contribution in [0, 0.1) is 0 Å². The average molecular weight is 1410 g/mol. The molecule has 0 fully saturated rings. The van der Waals surface area contributed by atoms with Crippen molar-refractivity contribution in [1.82, 2.24) is 5.32 Å². The molecule has 0 saturated heterocycles. The van der Waals surface area contributed by atoms with E-state index < -0.39 is 0 Å². The molecule has 0 aliphatic heterocycles. The van der Waals surface area contributed by atoms with Crippen LogP contribution >= 0.6 is 0 Å². The second kappa shape index (κ2) is 176. The molecule has 0 aromatic carbocycles. The molecular formula is C5H9NV26. The molecule has 0 aromatic rings. The molecule has 0 spiro atoms. The van der Waals surface area contributed by atoms with Crippen LogP contribution in [-0.4, -0.2) is 22.0 Å². The summed E-state index contributed by atoms with van der Waals surface area (Å²) in [5.74, 6) is 0. The molecule has 0 rings (SSSR count). The van der Waals surface area contributed by atoms with Gasteiger partial charge < -0.3 is 0 Å². The van der Waals surface area contributed by atoms with Crippen molar-refractivity contribution in [3.63, 3.8) is 0 Å². The average Bonchev–Trinajstić information content (AvgIpc) is 1.93. The van der Waals surface area contributed by atoms with Crippen molar-refractivity contribution >= 4 is 8.45 Å². The van der Waals surface area contributed by atoms with E-state index in [0.29, 0.717) is 0 Å². The van der Waals surface area contributed by atoms with Gasteiger partial charge in [-0.25, -0.2) is 0 Å². The summed E-state index contributed by atoms with van der Waals surface area (Å²) in [6.45, 7) is 3.06. The van der Waals surface area contributed by atoms with Crippen LogP contribution in [0.3, 0.4) is 0 Å². The van der Waals surface area contributed by atoms with Gasteiger partial charge in [0, 0.05) is 408 Å². The van der Waals surface area contributed by atoms with Crippen LogP contribution in [0.15, 0.2) is 0 Å². The fourth-order valence-corrected chi connectivity index (χ4v) is 0.666. The van der Waals surface area contributed by atoms with Gasteiger partial charge >= 0.3 is 97.5 Å². The maximum absolute atomic E-state index is 3.07. The number of rotatable bonds is 3. The van der Waals surface area contributed by atoms with Gasteiger partial charge in [0.05, 0.1) is 0 Å². The Balaban J connectivity index is -0.00000000118. The van der Waals surface area contributed by atoms with Gasteiger partial charge in [-0.05, 0) is 0 Å². The molecule has 0 atom stereocenters. The SMILES string of the molecule is CNC[C](=[V])[C](C)=[V].[V].[V].[V].[V].[V].[V].[V].[V].[V].[V].[V].[V].[V].[V].[V].[V].[V].[V].[V].[V].[V].[V].[V]=[V]. The summed E-state index contributed by atoms with van der Waals surface area (Å²) in [5, 5.41) is 3.07. The predicted molar refractivity (Wildman–Crippen MR) is 29.6 cm³/mol. The first-order valence-corrected chi connectivity index (χ1v) is 7.20. The van der Waals surface area contributed by atoms with E-state index in [1.54, 1.807) is 0 Å². The Morgan fingerprint density at radius 2 is 0.562 bits per heavy atom. The summed E-state index contributed by atoms with van der Waals surface area (Å²) in [4.78, 5) is 0. The van der Waals surface area contributed by atoms with Gasteiger partial charge in [0.15, 0.2) is 0 Å². The van der Waals surface area contributed by atoms with Crippen LogP contribution in [0.2, 0.25) is 0 Å². The van der Waals surface area contributed by atoms with Crippen molar-refractivity contribution < 1.29 is 471 Å². The van der Waals surface area contributed by atoms with Gasteiger partial charge in [-0.2, -0.15) is 0 Å². The molecule has 0 unspecified atom stereocenters. The molecule has 27 heteroatoms. The maximum atomic E-state index is 3.07. The van der Waals surface area contributed by atoms with Crippen LogP contribution in [-0.2, 0) is 471 Å². The predicted octanol–water partition coefficient (Wildman–Crippen LogP) is -0.396. The van der Waals surface area contributed by atoms with E-state index in [0.717, 1.165) is 6.54 Å². The van der Waals surface area contributed by atoms with E-state index in [-0.39, 0.29) is 408 Å². The van der Waals surface area contributed by atoms with E-state index >= 15 is 0 Å². The minimum absolute atomic E-state index is 0. The molecule has 0 aliphatic rings. The zero-order valence-corrected chi connectivity index (χ0v) is 52.1. The van der Waals surface area contributed by atoms with Crippen molar-refractivity contribution in [2.24, 2.45) is 0 Å². The normalized spacial score (nSPS) is 2.19. The standard InChI is InChI=1S/C5H9N.26V/c1-3-4-5-6-2;;;;;;;;;;;;;;;;;;;;;;;;;;/h6H,5H2,1-2H3;;;;;;;;;;;;;;;;;;;;;;;;;;. The second-order valence-corrected chi connectivity index (χ2v) is 3.45. The van der Waals surface area contributed by atoms with Crippen molar-refractivity contribution in [2.75, 3.05) is 13.6 Å². The summed E-state index contributed by atoms with van der Waals surface area (Å²) in [6, 6.07) is 0. The topological polar surface area (TPSA) is 12.0 Å². The zero-order valence-electron chi connectivity index (χ0n) is 15.8. The Bertz CT molecular complexity index is 135. The fourth-order valence-electron chi connectivity index (χ4n) is 0.295. The number of hydrogen-bond donors (Lipinski definition) is 1. The monoisotopic (exact) mass is 1410 g/mol. The zero-order chi connectivity index (χ0) is 8.57. The van der Waals surface area contributed by atoms with Crippen LogP contribution < -0.4 is 5.32 Å². The van der Waals surface area contributed by atoms with E-state index in [9.17, 15) is 0 Å². The van der Waals surface area contributed by atoms with Gasteiger partial charge in [-0.1, -0.05) is 0 Å². The third-order valence-corrected chi connectivity index (χ3v) is 2.40. The molecule has 164 valence electrons. The van der Waals surface area contributed by atoms with Crippen molar-refractivity contribution in [3.05, 3.63) is 0 Å². The van der Waals surface area contributed by atoms with Crippen LogP contribution in [0.5, 0.6) is 0 Å². The molecular weight excluding hydrogens is 1400 g/mol. The van der Waals surface area contributed by atoms with Crippen molar-refractivity contribution in [1.29, 1.82) is 0 Å². The molecule has 22 radical (unpaired) electrons. The Hall–Kier alpha value is 14.9. The van der Waals surface area contributed by atoms with E-state index in [1.807, 2.05) is 7.05 Å². The molecule has 0 heterocycles. The Labute approximate surface area is 493 Å². The van der Waals surface area contributed by atoms with E-state index in [1.165, 1.54) is 8.45 Å². The van der Waals surface area contributed by atoms with Gasteiger partial charge in [-0.15, -0.1) is 0 Å². The molecule has 0 aromatic heterocycles. The third kappa shape index (κ3) is 180. The molecule has 0 bridgehead atoms. The quantitative estimate of drug-likeness (QED) is 0.407. The summed E-state index contributed by atoms with van der Waals surface area (Å²) < 4.78 is 2.67. The van der Waals surface area contributed by atoms with Crippen molar-refractivity contribution in [3.8, 4) is 0 Å². The van der Waals surface area contributed by atoms with Crippen LogP contribution in [0.25, 0.3) is 0 Å². The van der Waals surface area contributed by atoms with E-state index in [4.69, 9.17) is 0 Å². The minimum atomic E-state index is 0. The van der Waals surface area contributed by atoms with Gasteiger partial charge in [-0.3, -0.25) is 0 Å². The van der Waals surface area contributed by atoms with Crippen LogP contribution in [0.4, 0.5) is 0 Å². The van der Waals surface area contributed by atoms with Crippen LogP contribution in [0.1, 0.15) is 6.92 Å². The molecule has 1 nitrogen and oxygen atoms in total. The first-order chi connectivity index (χ1) is 4.68. The second-order valence-electron chi connectivity index (χ2n) is 1.56. The van der Waals surface area contributed by atoms with E-state index in [2.05, 4.69) is 75.5 Å². The first-order valence-electron chi connectivity index (χ1n) is 2.60.